The van der Waals surface area contributed by atoms with E-state index in [0.29, 0.717) is 19.6 Å². The van der Waals surface area contributed by atoms with Crippen molar-refractivity contribution in [1.29, 1.82) is 0 Å². The normalized spacial score (nSPS) is 18.5. The minimum Gasteiger partial charge on any atom is -0.351 e. The Morgan fingerprint density at radius 3 is 2.53 bits per heavy atom. The van der Waals surface area contributed by atoms with E-state index in [1.54, 1.807) is 0 Å². The van der Waals surface area contributed by atoms with Crippen LogP contribution in [0, 0.1) is 37.2 Å². The second-order valence-corrected chi connectivity index (χ2v) is 9.33. The Morgan fingerprint density at radius 1 is 1.03 bits per heavy atom. The predicted octanol–water partition coefficient (Wildman–Crippen LogP) is 3.75. The lowest BCUT2D eigenvalue weighted by Crippen LogP contribution is -2.47. The van der Waals surface area contributed by atoms with Crippen LogP contribution in [0.15, 0.2) is 24.3 Å². The first-order valence-electron chi connectivity index (χ1n) is 11.8. The van der Waals surface area contributed by atoms with Crippen molar-refractivity contribution in [3.8, 4) is 0 Å². The van der Waals surface area contributed by atoms with Crippen LogP contribution in [0.5, 0.6) is 0 Å². The summed E-state index contributed by atoms with van der Waals surface area (Å²) < 4.78 is 40.3. The molecule has 0 aliphatic carbocycles. The third-order valence-electron chi connectivity index (χ3n) is 6.99. The summed E-state index contributed by atoms with van der Waals surface area (Å²) in [5, 5.41) is 2.56. The zero-order chi connectivity index (χ0) is 24.4. The van der Waals surface area contributed by atoms with Gasteiger partial charge in [-0.25, -0.2) is 13.2 Å². The second-order valence-electron chi connectivity index (χ2n) is 9.33. The molecule has 2 amide bonds. The van der Waals surface area contributed by atoms with E-state index in [9.17, 15) is 22.8 Å². The Morgan fingerprint density at radius 2 is 1.76 bits per heavy atom. The molecule has 1 fully saturated rings. The number of hydrogen-bond donors (Lipinski definition) is 1. The van der Waals surface area contributed by atoms with Crippen molar-refractivity contribution >= 4 is 11.8 Å². The first-order chi connectivity index (χ1) is 16.2. The van der Waals surface area contributed by atoms with Crippen LogP contribution in [-0.4, -0.2) is 54.3 Å². The second kappa shape index (κ2) is 10.2. The van der Waals surface area contributed by atoms with Crippen molar-refractivity contribution in [2.45, 2.75) is 39.7 Å². The average Bonchev–Trinajstić information content (AvgIpc) is 2.82. The van der Waals surface area contributed by atoms with Gasteiger partial charge in [0, 0.05) is 32.7 Å². The smallest absolute Gasteiger partial charge is 0.254 e. The number of aryl methyl sites for hydroxylation is 2. The molecule has 0 spiro atoms. The Bertz CT molecular complexity index is 1110. The summed E-state index contributed by atoms with van der Waals surface area (Å²) in [5.74, 6) is -5.20. The highest BCUT2D eigenvalue weighted by molar-refractivity contribution is 5.94. The molecule has 5 nitrogen and oxygen atoms in total. The average molecular weight is 474 g/mol. The van der Waals surface area contributed by atoms with Crippen LogP contribution in [0.2, 0.25) is 0 Å². The first-order valence-corrected chi connectivity index (χ1v) is 11.8. The van der Waals surface area contributed by atoms with Gasteiger partial charge in [-0.05, 0) is 74.0 Å². The Kier molecular flexibility index (Phi) is 7.26. The molecule has 4 rings (SSSR count). The summed E-state index contributed by atoms with van der Waals surface area (Å²) >= 11 is 0. The fourth-order valence-corrected chi connectivity index (χ4v) is 4.89. The molecule has 1 N–H and O–H groups in total. The standard InChI is InChI=1S/C26H30F3N3O2/c1-16-12-18-7-10-32(15-20(18)13-17(16)2)26(34)19-4-3-9-31(14-19)11-8-30-25(33)21-5-6-22(27)24(29)23(21)28/h5-6,12-13,19H,3-4,7-11,14-15H2,1-2H3,(H,30,33). The molecule has 1 unspecified atom stereocenters. The quantitative estimate of drug-likeness (QED) is 0.673. The molecule has 2 aromatic carbocycles. The topological polar surface area (TPSA) is 52.7 Å². The number of likely N-dealkylation sites (tertiary alicyclic amines) is 1. The van der Waals surface area contributed by atoms with Crippen molar-refractivity contribution in [3.05, 3.63) is 69.5 Å². The van der Waals surface area contributed by atoms with Gasteiger partial charge in [0.25, 0.3) is 5.91 Å². The molecule has 2 aliphatic rings. The third kappa shape index (κ3) is 5.12. The Hall–Kier alpha value is -2.87. The maximum absolute atomic E-state index is 13.8. The zero-order valence-electron chi connectivity index (χ0n) is 19.6. The van der Waals surface area contributed by atoms with Crippen molar-refractivity contribution in [2.24, 2.45) is 5.92 Å². The molecule has 0 bridgehead atoms. The highest BCUT2D eigenvalue weighted by atomic mass is 19.2. The molecule has 182 valence electrons. The maximum atomic E-state index is 13.8. The number of nitrogens with one attached hydrogen (secondary N) is 1. The molecular weight excluding hydrogens is 443 g/mol. The van der Waals surface area contributed by atoms with E-state index < -0.39 is 28.9 Å². The van der Waals surface area contributed by atoms with Crippen LogP contribution in [0.4, 0.5) is 13.2 Å². The number of halogens is 3. The molecule has 1 atom stereocenters. The Balaban J connectivity index is 1.29. The Labute approximate surface area is 197 Å². The molecule has 2 aromatic rings. The fraction of sp³-hybridized carbons (Fsp3) is 0.462. The highest BCUT2D eigenvalue weighted by Gasteiger charge is 2.31. The van der Waals surface area contributed by atoms with Crippen molar-refractivity contribution in [2.75, 3.05) is 32.7 Å². The van der Waals surface area contributed by atoms with Gasteiger partial charge in [0.15, 0.2) is 17.5 Å². The molecular formula is C26H30F3N3O2. The van der Waals surface area contributed by atoms with Crippen LogP contribution >= 0.6 is 0 Å². The molecule has 1 saturated heterocycles. The van der Waals surface area contributed by atoms with Crippen LogP contribution in [0.25, 0.3) is 0 Å². The largest absolute Gasteiger partial charge is 0.351 e. The molecule has 2 aliphatic heterocycles. The molecule has 0 radical (unpaired) electrons. The minimum absolute atomic E-state index is 0.0961. The lowest BCUT2D eigenvalue weighted by Gasteiger charge is -2.37. The molecule has 2 heterocycles. The highest BCUT2D eigenvalue weighted by Crippen LogP contribution is 2.26. The molecule has 34 heavy (non-hydrogen) atoms. The van der Waals surface area contributed by atoms with Gasteiger partial charge in [-0.15, -0.1) is 0 Å². The van der Waals surface area contributed by atoms with Gasteiger partial charge < -0.3 is 15.1 Å². The van der Waals surface area contributed by atoms with E-state index in [4.69, 9.17) is 0 Å². The van der Waals surface area contributed by atoms with Gasteiger partial charge in [-0.2, -0.15) is 0 Å². The van der Waals surface area contributed by atoms with Gasteiger partial charge in [-0.3, -0.25) is 9.59 Å². The van der Waals surface area contributed by atoms with Crippen LogP contribution in [0.1, 0.15) is 45.5 Å². The summed E-state index contributed by atoms with van der Waals surface area (Å²) in [6, 6.07) is 6.08. The van der Waals surface area contributed by atoms with Crippen molar-refractivity contribution < 1.29 is 22.8 Å². The maximum Gasteiger partial charge on any atom is 0.254 e. The van der Waals surface area contributed by atoms with Crippen LogP contribution in [-0.2, 0) is 17.8 Å². The summed E-state index contributed by atoms with van der Waals surface area (Å²) in [6.45, 7) is 7.68. The summed E-state index contributed by atoms with van der Waals surface area (Å²) in [5.41, 5.74) is 4.54. The van der Waals surface area contributed by atoms with Crippen LogP contribution in [0.3, 0.4) is 0 Å². The predicted molar refractivity (Wildman–Crippen MR) is 123 cm³/mol. The van der Waals surface area contributed by atoms with Crippen molar-refractivity contribution in [3.63, 3.8) is 0 Å². The van der Waals surface area contributed by atoms with Gasteiger partial charge in [0.1, 0.15) is 0 Å². The number of carbonyl (C=O) groups excluding carboxylic acids is 2. The van der Waals surface area contributed by atoms with Gasteiger partial charge >= 0.3 is 0 Å². The number of piperidine rings is 1. The van der Waals surface area contributed by atoms with E-state index in [0.717, 1.165) is 44.5 Å². The summed E-state index contributed by atoms with van der Waals surface area (Å²) in [7, 11) is 0. The van der Waals surface area contributed by atoms with E-state index in [1.165, 1.54) is 22.3 Å². The number of fused-ring (bicyclic) bond motifs is 1. The molecule has 0 aromatic heterocycles. The lowest BCUT2D eigenvalue weighted by atomic mass is 9.92. The van der Waals surface area contributed by atoms with Gasteiger partial charge in [0.05, 0.1) is 11.5 Å². The van der Waals surface area contributed by atoms with Crippen molar-refractivity contribution in [1.82, 2.24) is 15.1 Å². The molecule has 8 heteroatoms. The van der Waals surface area contributed by atoms with E-state index in [2.05, 4.69) is 36.2 Å². The summed E-state index contributed by atoms with van der Waals surface area (Å²) in [6.07, 6.45) is 2.58. The number of carbonyl (C=O) groups is 2. The van der Waals surface area contributed by atoms with E-state index >= 15 is 0 Å². The third-order valence-corrected chi connectivity index (χ3v) is 6.99. The van der Waals surface area contributed by atoms with E-state index in [1.807, 2.05) is 4.90 Å². The minimum atomic E-state index is -1.66. The number of rotatable bonds is 5. The SMILES string of the molecule is Cc1cc2c(cc1C)CN(C(=O)C1CCCN(CCNC(=O)c3ccc(F)c(F)c3F)C1)CC2. The monoisotopic (exact) mass is 473 g/mol. The number of nitrogens with zero attached hydrogens (tertiary/aromatic N) is 2. The summed E-state index contributed by atoms with van der Waals surface area (Å²) in [4.78, 5) is 29.5. The first kappa shape index (κ1) is 24.3. The lowest BCUT2D eigenvalue weighted by molar-refractivity contribution is -0.138. The van der Waals surface area contributed by atoms with E-state index in [-0.39, 0.29) is 18.4 Å². The zero-order valence-corrected chi connectivity index (χ0v) is 19.6. The molecule has 0 saturated carbocycles. The van der Waals surface area contributed by atoms with Crippen LogP contribution < -0.4 is 5.32 Å². The number of amides is 2. The number of hydrogen-bond acceptors (Lipinski definition) is 3. The number of benzene rings is 2. The fourth-order valence-electron chi connectivity index (χ4n) is 4.89. The van der Waals surface area contributed by atoms with Gasteiger partial charge in [0.2, 0.25) is 5.91 Å². The van der Waals surface area contributed by atoms with Gasteiger partial charge in [-0.1, -0.05) is 12.1 Å².